The Morgan fingerprint density at radius 2 is 1.83 bits per heavy atom. The molecule has 0 fully saturated rings. The predicted molar refractivity (Wildman–Crippen MR) is 93.4 cm³/mol. The molecule has 0 bridgehead atoms. The molecule has 0 amide bonds. The Balaban J connectivity index is 0.00000156. The van der Waals surface area contributed by atoms with Gasteiger partial charge in [0.05, 0.1) is 16.7 Å². The Hall–Kier alpha value is -1.83. The number of rotatable bonds is 0. The van der Waals surface area contributed by atoms with Crippen molar-refractivity contribution in [3.63, 3.8) is 0 Å². The SMILES string of the molecule is [CH2-]c1cccc2ccn3c4cc(C(C)(C)C)ccc4nc3c12.[Ir]. The zero-order valence-electron chi connectivity index (χ0n) is 13.6. The minimum absolute atomic E-state index is 0. The summed E-state index contributed by atoms with van der Waals surface area (Å²) in [6.07, 6.45) is 2.11. The van der Waals surface area contributed by atoms with Gasteiger partial charge in [-0.25, -0.2) is 4.98 Å². The van der Waals surface area contributed by atoms with Gasteiger partial charge in [-0.3, -0.25) is 0 Å². The largest absolute Gasteiger partial charge is 0.309 e. The van der Waals surface area contributed by atoms with Crippen molar-refractivity contribution >= 4 is 27.5 Å². The van der Waals surface area contributed by atoms with E-state index in [1.54, 1.807) is 0 Å². The Morgan fingerprint density at radius 1 is 1.04 bits per heavy atom. The summed E-state index contributed by atoms with van der Waals surface area (Å²) in [6.45, 7) is 10.9. The van der Waals surface area contributed by atoms with Crippen LogP contribution in [0.25, 0.3) is 27.5 Å². The third-order valence-corrected chi connectivity index (χ3v) is 4.37. The van der Waals surface area contributed by atoms with Crippen LogP contribution < -0.4 is 0 Å². The molecule has 2 aromatic heterocycles. The average molecular weight is 480 g/mol. The Bertz CT molecular complexity index is 1020. The number of fused-ring (bicyclic) bond motifs is 5. The van der Waals surface area contributed by atoms with Gasteiger partial charge in [0.15, 0.2) is 0 Å². The Kier molecular flexibility index (Phi) is 3.74. The summed E-state index contributed by atoms with van der Waals surface area (Å²) in [6, 6.07) is 14.9. The zero-order chi connectivity index (χ0) is 15.5. The maximum atomic E-state index is 4.85. The molecule has 0 saturated heterocycles. The number of nitrogens with zero attached hydrogens (tertiary/aromatic N) is 2. The van der Waals surface area contributed by atoms with Crippen molar-refractivity contribution in [1.82, 2.24) is 9.38 Å². The molecule has 2 aromatic carbocycles. The molecule has 4 aromatic rings. The first-order valence-corrected chi connectivity index (χ1v) is 7.61. The molecule has 0 aliphatic rings. The van der Waals surface area contributed by atoms with Crippen molar-refractivity contribution in [3.05, 3.63) is 66.7 Å². The van der Waals surface area contributed by atoms with Crippen LogP contribution in [0.1, 0.15) is 31.9 Å². The monoisotopic (exact) mass is 480 g/mol. The summed E-state index contributed by atoms with van der Waals surface area (Å²) in [5.41, 5.74) is 5.66. The van der Waals surface area contributed by atoms with E-state index < -0.39 is 0 Å². The number of imidazole rings is 1. The molecule has 4 rings (SSSR count). The summed E-state index contributed by atoms with van der Waals surface area (Å²) >= 11 is 0. The van der Waals surface area contributed by atoms with Crippen molar-refractivity contribution in [3.8, 4) is 0 Å². The van der Waals surface area contributed by atoms with Gasteiger partial charge in [0.25, 0.3) is 0 Å². The first-order valence-electron chi connectivity index (χ1n) is 7.61. The zero-order valence-corrected chi connectivity index (χ0v) is 15.9. The summed E-state index contributed by atoms with van der Waals surface area (Å²) in [7, 11) is 0. The van der Waals surface area contributed by atoms with Crippen molar-refractivity contribution in [2.75, 3.05) is 0 Å². The fourth-order valence-corrected chi connectivity index (χ4v) is 3.07. The van der Waals surface area contributed by atoms with Crippen molar-refractivity contribution in [1.29, 1.82) is 0 Å². The molecule has 2 nitrogen and oxygen atoms in total. The first-order chi connectivity index (χ1) is 10.4. The minimum atomic E-state index is 0. The summed E-state index contributed by atoms with van der Waals surface area (Å²) in [5.74, 6) is 0. The third kappa shape index (κ3) is 2.45. The number of hydrogen-bond acceptors (Lipinski definition) is 1. The molecule has 1 radical (unpaired) electrons. The van der Waals surface area contributed by atoms with E-state index in [4.69, 9.17) is 4.98 Å². The molecule has 119 valence electrons. The predicted octanol–water partition coefficient (Wildman–Crippen LogP) is 5.12. The standard InChI is InChI=1S/C20H19N2.Ir/c1-13-6-5-7-14-10-11-22-17-12-15(20(2,3)4)8-9-16(17)21-19(22)18(13)14;/h5-12H,1H2,2-4H3;/q-1;. The van der Waals surface area contributed by atoms with Gasteiger partial charge in [0.2, 0.25) is 0 Å². The van der Waals surface area contributed by atoms with Crippen LogP contribution in [-0.2, 0) is 25.5 Å². The minimum Gasteiger partial charge on any atom is -0.309 e. The van der Waals surface area contributed by atoms with Crippen LogP contribution in [0.3, 0.4) is 0 Å². The second kappa shape index (κ2) is 5.36. The molecule has 3 heteroatoms. The molecule has 0 N–H and O–H groups in total. The van der Waals surface area contributed by atoms with Crippen LogP contribution in [0.4, 0.5) is 0 Å². The van der Waals surface area contributed by atoms with E-state index in [0.29, 0.717) is 0 Å². The van der Waals surface area contributed by atoms with E-state index in [0.717, 1.165) is 27.6 Å². The van der Waals surface area contributed by atoms with Gasteiger partial charge in [0, 0.05) is 26.3 Å². The van der Waals surface area contributed by atoms with Crippen LogP contribution in [-0.4, -0.2) is 9.38 Å². The fraction of sp³-hybridized carbons (Fsp3) is 0.200. The maximum absolute atomic E-state index is 4.85. The molecule has 23 heavy (non-hydrogen) atoms. The maximum Gasteiger partial charge on any atom is 0.0891 e. The molecule has 0 aliphatic heterocycles. The fourth-order valence-electron chi connectivity index (χ4n) is 3.07. The van der Waals surface area contributed by atoms with Crippen molar-refractivity contribution in [2.24, 2.45) is 0 Å². The Labute approximate surface area is 149 Å². The summed E-state index contributed by atoms with van der Waals surface area (Å²) < 4.78 is 2.18. The van der Waals surface area contributed by atoms with E-state index in [9.17, 15) is 0 Å². The molecule has 2 heterocycles. The van der Waals surface area contributed by atoms with E-state index in [2.05, 4.69) is 68.6 Å². The number of aromatic nitrogens is 2. The second-order valence-corrected chi connectivity index (χ2v) is 6.96. The number of benzene rings is 2. The van der Waals surface area contributed by atoms with E-state index in [1.165, 1.54) is 10.9 Å². The molecule has 0 saturated carbocycles. The van der Waals surface area contributed by atoms with Crippen molar-refractivity contribution in [2.45, 2.75) is 26.2 Å². The van der Waals surface area contributed by atoms with Gasteiger partial charge in [-0.1, -0.05) is 43.7 Å². The summed E-state index contributed by atoms with van der Waals surface area (Å²) in [4.78, 5) is 4.85. The van der Waals surface area contributed by atoms with Gasteiger partial charge < -0.3 is 4.40 Å². The van der Waals surface area contributed by atoms with E-state index in [-0.39, 0.29) is 25.5 Å². The third-order valence-electron chi connectivity index (χ3n) is 4.37. The Morgan fingerprint density at radius 3 is 2.57 bits per heavy atom. The van der Waals surface area contributed by atoms with E-state index in [1.807, 2.05) is 12.1 Å². The van der Waals surface area contributed by atoms with Crippen LogP contribution >= 0.6 is 0 Å². The molecule has 0 unspecified atom stereocenters. The number of hydrogen-bond donors (Lipinski definition) is 0. The van der Waals surface area contributed by atoms with Crippen LogP contribution in [0.15, 0.2) is 48.7 Å². The van der Waals surface area contributed by atoms with Gasteiger partial charge in [-0.2, -0.15) is 18.6 Å². The molecule has 0 atom stereocenters. The number of pyridine rings is 1. The normalized spacial score (nSPS) is 12.0. The smallest absolute Gasteiger partial charge is 0.0891 e. The van der Waals surface area contributed by atoms with Crippen LogP contribution in [0.2, 0.25) is 0 Å². The molecule has 0 aliphatic carbocycles. The first kappa shape index (κ1) is 16.0. The molecule has 0 spiro atoms. The van der Waals surface area contributed by atoms with Crippen LogP contribution in [0, 0.1) is 6.92 Å². The topological polar surface area (TPSA) is 17.3 Å². The summed E-state index contributed by atoms with van der Waals surface area (Å²) in [5, 5.41) is 2.32. The average Bonchev–Trinajstić information content (AvgIpc) is 2.84. The van der Waals surface area contributed by atoms with Gasteiger partial charge >= 0.3 is 0 Å². The van der Waals surface area contributed by atoms with Crippen LogP contribution in [0.5, 0.6) is 0 Å². The van der Waals surface area contributed by atoms with Gasteiger partial charge in [0.1, 0.15) is 0 Å². The quantitative estimate of drug-likeness (QED) is 0.320. The van der Waals surface area contributed by atoms with Gasteiger partial charge in [-0.15, -0.1) is 6.07 Å². The second-order valence-electron chi connectivity index (χ2n) is 6.96. The van der Waals surface area contributed by atoms with E-state index >= 15 is 0 Å². The molecular weight excluding hydrogens is 460 g/mol. The molecular formula is C20H19IrN2-. The van der Waals surface area contributed by atoms with Crippen molar-refractivity contribution < 1.29 is 20.1 Å². The van der Waals surface area contributed by atoms with Gasteiger partial charge in [-0.05, 0) is 29.2 Å².